The van der Waals surface area contributed by atoms with Crippen LogP contribution < -0.4 is 11.1 Å². The van der Waals surface area contributed by atoms with Gasteiger partial charge >= 0.3 is 0 Å². The lowest BCUT2D eigenvalue weighted by atomic mass is 10.0. The summed E-state index contributed by atoms with van der Waals surface area (Å²) in [5, 5.41) is 8.67. The number of hydrogen-bond acceptors (Lipinski definition) is 5. The third-order valence-electron chi connectivity index (χ3n) is 2.11. The number of aromatic nitrogens is 1. The lowest BCUT2D eigenvalue weighted by Crippen LogP contribution is -2.51. The topological polar surface area (TPSA) is 117 Å². The fourth-order valence-corrected chi connectivity index (χ4v) is 1.92. The lowest BCUT2D eigenvalue weighted by Gasteiger charge is -2.24. The molecule has 0 saturated heterocycles. The van der Waals surface area contributed by atoms with Crippen LogP contribution in [-0.2, 0) is 10.3 Å². The Labute approximate surface area is 96.3 Å². The SMILES string of the molecule is CC(NCCN=[N+]=[N-])(C(N)=O)c1nccs1. The molecule has 3 N–H and O–H groups in total. The second kappa shape index (κ2) is 5.45. The molecule has 0 bridgehead atoms. The highest BCUT2D eigenvalue weighted by atomic mass is 32.1. The van der Waals surface area contributed by atoms with Crippen molar-refractivity contribution in [1.82, 2.24) is 10.3 Å². The van der Waals surface area contributed by atoms with Gasteiger partial charge in [0.25, 0.3) is 0 Å². The third kappa shape index (κ3) is 2.69. The van der Waals surface area contributed by atoms with Crippen molar-refractivity contribution >= 4 is 17.2 Å². The van der Waals surface area contributed by atoms with E-state index in [-0.39, 0.29) is 6.54 Å². The second-order valence-corrected chi connectivity index (χ2v) is 4.10. The molecule has 0 spiro atoms. The zero-order valence-electron chi connectivity index (χ0n) is 8.75. The molecule has 1 heterocycles. The molecule has 8 heteroatoms. The number of azide groups is 1. The van der Waals surface area contributed by atoms with Gasteiger partial charge in [-0.05, 0) is 12.5 Å². The molecule has 0 aromatic carbocycles. The molecule has 0 radical (unpaired) electrons. The van der Waals surface area contributed by atoms with E-state index in [1.807, 2.05) is 0 Å². The average Bonchev–Trinajstić information content (AvgIpc) is 2.77. The molecular formula is C8H12N6OS. The Morgan fingerprint density at radius 3 is 3.12 bits per heavy atom. The maximum absolute atomic E-state index is 11.4. The van der Waals surface area contributed by atoms with Crippen molar-refractivity contribution in [1.29, 1.82) is 0 Å². The number of thiazole rings is 1. The van der Waals surface area contributed by atoms with Gasteiger partial charge in [-0.25, -0.2) is 4.98 Å². The Morgan fingerprint density at radius 2 is 2.62 bits per heavy atom. The number of nitrogens with zero attached hydrogens (tertiary/aromatic N) is 4. The highest BCUT2D eigenvalue weighted by Crippen LogP contribution is 2.22. The summed E-state index contributed by atoms with van der Waals surface area (Å²) in [5.41, 5.74) is 12.4. The molecule has 0 aliphatic heterocycles. The number of amides is 1. The first-order chi connectivity index (χ1) is 7.61. The summed E-state index contributed by atoms with van der Waals surface area (Å²) in [6, 6.07) is 0. The molecule has 1 aromatic heterocycles. The van der Waals surface area contributed by atoms with Crippen LogP contribution in [0.2, 0.25) is 0 Å². The molecule has 7 nitrogen and oxygen atoms in total. The number of nitrogens with one attached hydrogen (secondary N) is 1. The summed E-state index contributed by atoms with van der Waals surface area (Å²) in [5.74, 6) is -0.511. The van der Waals surface area contributed by atoms with Gasteiger partial charge in [-0.2, -0.15) is 0 Å². The molecule has 0 saturated carbocycles. The number of hydrogen-bond donors (Lipinski definition) is 2. The van der Waals surface area contributed by atoms with E-state index in [9.17, 15) is 4.79 Å². The van der Waals surface area contributed by atoms with Crippen LogP contribution in [0.5, 0.6) is 0 Å². The van der Waals surface area contributed by atoms with E-state index in [0.29, 0.717) is 11.6 Å². The number of nitrogens with two attached hydrogens (primary N) is 1. The number of carbonyl (C=O) groups excluding carboxylic acids is 1. The van der Waals surface area contributed by atoms with E-state index in [2.05, 4.69) is 20.3 Å². The Bertz CT molecular complexity index is 399. The Kier molecular flexibility index (Phi) is 4.24. The van der Waals surface area contributed by atoms with Gasteiger partial charge in [-0.15, -0.1) is 11.3 Å². The van der Waals surface area contributed by atoms with Crippen LogP contribution in [0, 0.1) is 0 Å². The molecule has 1 atom stereocenters. The Morgan fingerprint density at radius 1 is 1.88 bits per heavy atom. The third-order valence-corrected chi connectivity index (χ3v) is 3.10. The minimum absolute atomic E-state index is 0.255. The number of rotatable bonds is 6. The number of carbonyl (C=O) groups is 1. The summed E-state index contributed by atoms with van der Waals surface area (Å²) in [6.07, 6.45) is 1.61. The predicted octanol–water partition coefficient (Wildman–Crippen LogP) is 0.743. The smallest absolute Gasteiger partial charge is 0.244 e. The van der Waals surface area contributed by atoms with Crippen LogP contribution in [-0.4, -0.2) is 24.0 Å². The van der Waals surface area contributed by atoms with Crippen LogP contribution in [0.3, 0.4) is 0 Å². The molecule has 0 aliphatic rings. The molecule has 0 aliphatic carbocycles. The van der Waals surface area contributed by atoms with E-state index in [1.165, 1.54) is 11.3 Å². The summed E-state index contributed by atoms with van der Waals surface area (Å²) < 4.78 is 0. The molecule has 1 unspecified atom stereocenters. The first-order valence-corrected chi connectivity index (χ1v) is 5.45. The van der Waals surface area contributed by atoms with Crippen molar-refractivity contribution in [2.24, 2.45) is 10.8 Å². The largest absolute Gasteiger partial charge is 0.368 e. The summed E-state index contributed by atoms with van der Waals surface area (Å²) in [6.45, 7) is 2.28. The minimum atomic E-state index is -1.01. The van der Waals surface area contributed by atoms with E-state index < -0.39 is 11.4 Å². The molecule has 1 amide bonds. The van der Waals surface area contributed by atoms with E-state index in [0.717, 1.165) is 0 Å². The standard InChI is InChI=1S/C8H12N6OS/c1-8(6(9)15,7-11-4-5-16-7)12-2-3-13-14-10/h4-5,12H,2-3H2,1H3,(H2,9,15). The first kappa shape index (κ1) is 12.4. The second-order valence-electron chi connectivity index (χ2n) is 3.21. The van der Waals surface area contributed by atoms with Crippen LogP contribution in [0.4, 0.5) is 0 Å². The predicted molar refractivity (Wildman–Crippen MR) is 60.7 cm³/mol. The van der Waals surface area contributed by atoms with E-state index in [4.69, 9.17) is 11.3 Å². The van der Waals surface area contributed by atoms with Crippen molar-refractivity contribution in [3.05, 3.63) is 27.0 Å². The maximum atomic E-state index is 11.4. The minimum Gasteiger partial charge on any atom is -0.368 e. The number of primary amides is 1. The molecule has 86 valence electrons. The van der Waals surface area contributed by atoms with Crippen LogP contribution >= 0.6 is 11.3 Å². The fourth-order valence-electron chi connectivity index (χ4n) is 1.14. The highest BCUT2D eigenvalue weighted by Gasteiger charge is 2.34. The quantitative estimate of drug-likeness (QED) is 0.330. The van der Waals surface area contributed by atoms with Crippen molar-refractivity contribution in [2.75, 3.05) is 13.1 Å². The van der Waals surface area contributed by atoms with Gasteiger partial charge < -0.3 is 5.73 Å². The van der Waals surface area contributed by atoms with Gasteiger partial charge in [0.05, 0.1) is 0 Å². The summed E-state index contributed by atoms with van der Waals surface area (Å²) in [7, 11) is 0. The summed E-state index contributed by atoms with van der Waals surface area (Å²) in [4.78, 5) is 18.1. The zero-order valence-corrected chi connectivity index (χ0v) is 9.57. The molecular weight excluding hydrogens is 228 g/mol. The fraction of sp³-hybridized carbons (Fsp3) is 0.500. The molecule has 16 heavy (non-hydrogen) atoms. The highest BCUT2D eigenvalue weighted by molar-refractivity contribution is 7.09. The van der Waals surface area contributed by atoms with Gasteiger partial charge in [0, 0.05) is 29.6 Å². The van der Waals surface area contributed by atoms with Gasteiger partial charge in [0.2, 0.25) is 5.91 Å². The molecule has 1 rings (SSSR count). The van der Waals surface area contributed by atoms with Crippen LogP contribution in [0.1, 0.15) is 11.9 Å². The van der Waals surface area contributed by atoms with Gasteiger partial charge in [-0.3, -0.25) is 10.1 Å². The van der Waals surface area contributed by atoms with Crippen LogP contribution in [0.15, 0.2) is 16.7 Å². The van der Waals surface area contributed by atoms with Crippen LogP contribution in [0.25, 0.3) is 10.4 Å². The Balaban J connectivity index is 2.74. The van der Waals surface area contributed by atoms with Crippen molar-refractivity contribution < 1.29 is 4.79 Å². The van der Waals surface area contributed by atoms with Gasteiger partial charge in [0.15, 0.2) is 0 Å². The Hall–Kier alpha value is -1.63. The zero-order chi connectivity index (χ0) is 12.0. The average molecular weight is 240 g/mol. The molecule has 0 fully saturated rings. The molecule has 1 aromatic rings. The van der Waals surface area contributed by atoms with E-state index >= 15 is 0 Å². The monoisotopic (exact) mass is 240 g/mol. The maximum Gasteiger partial charge on any atom is 0.244 e. The normalized spacial score (nSPS) is 13.8. The van der Waals surface area contributed by atoms with Gasteiger partial charge in [-0.1, -0.05) is 5.11 Å². The van der Waals surface area contributed by atoms with Crippen molar-refractivity contribution in [3.8, 4) is 0 Å². The van der Waals surface area contributed by atoms with Crippen molar-refractivity contribution in [2.45, 2.75) is 12.5 Å². The van der Waals surface area contributed by atoms with Gasteiger partial charge in [0.1, 0.15) is 10.5 Å². The van der Waals surface area contributed by atoms with Crippen molar-refractivity contribution in [3.63, 3.8) is 0 Å². The summed E-state index contributed by atoms with van der Waals surface area (Å²) >= 11 is 1.34. The van der Waals surface area contributed by atoms with E-state index in [1.54, 1.807) is 18.5 Å². The lowest BCUT2D eigenvalue weighted by molar-refractivity contribution is -0.124. The first-order valence-electron chi connectivity index (χ1n) is 4.57.